The van der Waals surface area contributed by atoms with E-state index < -0.39 is 5.25 Å². The Bertz CT molecular complexity index is 1230. The molecule has 180 valence electrons. The summed E-state index contributed by atoms with van der Waals surface area (Å²) in [6, 6.07) is 21.7. The number of carbonyl (C=O) groups excluding carboxylic acids is 2. The van der Waals surface area contributed by atoms with Gasteiger partial charge in [0.05, 0.1) is 26.5 Å². The van der Waals surface area contributed by atoms with Crippen molar-refractivity contribution in [3.63, 3.8) is 0 Å². The first-order valence-corrected chi connectivity index (χ1v) is 12.1. The molecule has 1 unspecified atom stereocenters. The highest BCUT2D eigenvalue weighted by Crippen LogP contribution is 2.33. The summed E-state index contributed by atoms with van der Waals surface area (Å²) in [6.07, 6.45) is 0.0107. The van der Waals surface area contributed by atoms with Gasteiger partial charge in [0.1, 0.15) is 16.7 Å². The Hall–Kier alpha value is -3.49. The predicted molar refractivity (Wildman–Crippen MR) is 140 cm³/mol. The molecule has 1 N–H and O–H groups in total. The van der Waals surface area contributed by atoms with E-state index in [9.17, 15) is 9.59 Å². The molecule has 2 amide bonds. The zero-order valence-corrected chi connectivity index (χ0v) is 20.8. The molecule has 3 aromatic carbocycles. The summed E-state index contributed by atoms with van der Waals surface area (Å²) in [6.45, 7) is 0.331. The number of hydrogen-bond acceptors (Lipinski definition) is 6. The first-order valence-electron chi connectivity index (χ1n) is 10.8. The largest absolute Gasteiger partial charge is 0.497 e. The van der Waals surface area contributed by atoms with Gasteiger partial charge in [-0.2, -0.15) is 0 Å². The molecule has 9 heteroatoms. The fraction of sp³-hybridized carbons (Fsp3) is 0.192. The van der Waals surface area contributed by atoms with Crippen molar-refractivity contribution in [1.82, 2.24) is 4.90 Å². The van der Waals surface area contributed by atoms with Crippen molar-refractivity contribution in [3.05, 3.63) is 83.4 Å². The van der Waals surface area contributed by atoms with E-state index in [0.29, 0.717) is 28.1 Å². The highest BCUT2D eigenvalue weighted by molar-refractivity contribution is 8.15. The smallest absolute Gasteiger partial charge is 0.242 e. The van der Waals surface area contributed by atoms with E-state index in [0.717, 1.165) is 17.1 Å². The molecule has 0 spiro atoms. The molecule has 1 fully saturated rings. The lowest BCUT2D eigenvalue weighted by Crippen LogP contribution is -2.33. The molecule has 0 radical (unpaired) electrons. The maximum atomic E-state index is 13.4. The Morgan fingerprint density at radius 3 is 2.31 bits per heavy atom. The molecule has 1 aliphatic rings. The van der Waals surface area contributed by atoms with Crippen LogP contribution in [0.5, 0.6) is 11.5 Å². The maximum Gasteiger partial charge on any atom is 0.242 e. The number of rotatable bonds is 8. The van der Waals surface area contributed by atoms with Crippen LogP contribution in [0.25, 0.3) is 0 Å². The van der Waals surface area contributed by atoms with Crippen molar-refractivity contribution >= 4 is 51.7 Å². The van der Waals surface area contributed by atoms with Crippen LogP contribution < -0.4 is 14.8 Å². The van der Waals surface area contributed by atoms with E-state index >= 15 is 0 Å². The highest BCUT2D eigenvalue weighted by Gasteiger charge is 2.39. The minimum Gasteiger partial charge on any atom is -0.497 e. The average Bonchev–Trinajstić information content (AvgIpc) is 3.13. The molecule has 3 aromatic rings. The molecule has 7 nitrogen and oxygen atoms in total. The van der Waals surface area contributed by atoms with Gasteiger partial charge < -0.3 is 14.8 Å². The molecule has 0 aliphatic carbocycles. The van der Waals surface area contributed by atoms with Gasteiger partial charge in [0.25, 0.3) is 0 Å². The Balaban J connectivity index is 1.54. The van der Waals surface area contributed by atoms with Gasteiger partial charge in [-0.15, -0.1) is 0 Å². The predicted octanol–water partition coefficient (Wildman–Crippen LogP) is 5.52. The van der Waals surface area contributed by atoms with Gasteiger partial charge in [0.2, 0.25) is 11.8 Å². The van der Waals surface area contributed by atoms with Gasteiger partial charge >= 0.3 is 0 Å². The van der Waals surface area contributed by atoms with E-state index in [-0.39, 0.29) is 18.2 Å². The lowest BCUT2D eigenvalue weighted by molar-refractivity contribution is -0.128. The number of carbonyl (C=O) groups is 2. The third-order valence-electron chi connectivity index (χ3n) is 5.30. The number of thioether (sulfide) groups is 1. The summed E-state index contributed by atoms with van der Waals surface area (Å²) >= 11 is 7.29. The van der Waals surface area contributed by atoms with E-state index in [1.54, 1.807) is 43.4 Å². The second-order valence-electron chi connectivity index (χ2n) is 7.73. The summed E-state index contributed by atoms with van der Waals surface area (Å²) in [5.74, 6) is 1.01. The summed E-state index contributed by atoms with van der Waals surface area (Å²) in [5.41, 5.74) is 2.19. The number of amides is 2. The van der Waals surface area contributed by atoms with Crippen LogP contribution in [0.2, 0.25) is 5.02 Å². The number of ether oxygens (including phenoxy) is 2. The van der Waals surface area contributed by atoms with E-state index in [1.165, 1.54) is 11.8 Å². The van der Waals surface area contributed by atoms with Crippen LogP contribution in [0.4, 0.5) is 11.4 Å². The fourth-order valence-electron chi connectivity index (χ4n) is 3.50. The van der Waals surface area contributed by atoms with Gasteiger partial charge in [-0.3, -0.25) is 14.5 Å². The van der Waals surface area contributed by atoms with Crippen molar-refractivity contribution in [2.24, 2.45) is 4.99 Å². The number of methoxy groups -OCH3 is 2. The summed E-state index contributed by atoms with van der Waals surface area (Å²) in [5, 5.41) is 3.28. The molecule has 1 atom stereocenters. The fourth-order valence-corrected chi connectivity index (χ4v) is 4.85. The minimum absolute atomic E-state index is 0.0107. The van der Waals surface area contributed by atoms with E-state index in [1.807, 2.05) is 48.5 Å². The highest BCUT2D eigenvalue weighted by atomic mass is 35.5. The van der Waals surface area contributed by atoms with Crippen molar-refractivity contribution in [2.45, 2.75) is 18.2 Å². The molecule has 0 saturated carbocycles. The lowest BCUT2D eigenvalue weighted by Gasteiger charge is -2.17. The summed E-state index contributed by atoms with van der Waals surface area (Å²) < 4.78 is 10.4. The minimum atomic E-state index is -0.593. The quantitative estimate of drug-likeness (QED) is 0.432. The monoisotopic (exact) mass is 509 g/mol. The van der Waals surface area contributed by atoms with Crippen LogP contribution in [-0.4, -0.2) is 41.4 Å². The number of aliphatic imine (C=N–C) groups is 1. The zero-order valence-electron chi connectivity index (χ0n) is 19.2. The molecule has 35 heavy (non-hydrogen) atoms. The number of nitrogens with zero attached hydrogens (tertiary/aromatic N) is 2. The Labute approximate surface area is 213 Å². The molecular weight excluding hydrogens is 486 g/mol. The SMILES string of the molecule is COc1ccc(CN2C(=O)C(CC(=O)Nc3cccc(Cl)c3)SC2=Nc2ccc(OC)cc2)cc1. The second-order valence-corrected chi connectivity index (χ2v) is 9.34. The van der Waals surface area contributed by atoms with Crippen molar-refractivity contribution in [1.29, 1.82) is 0 Å². The van der Waals surface area contributed by atoms with Crippen molar-refractivity contribution in [3.8, 4) is 11.5 Å². The van der Waals surface area contributed by atoms with Crippen LogP contribution in [-0.2, 0) is 16.1 Å². The van der Waals surface area contributed by atoms with E-state index in [4.69, 9.17) is 26.1 Å². The Kier molecular flexibility index (Phi) is 7.94. The average molecular weight is 510 g/mol. The number of hydrogen-bond donors (Lipinski definition) is 1. The molecule has 1 aliphatic heterocycles. The third-order valence-corrected chi connectivity index (χ3v) is 6.71. The number of nitrogens with one attached hydrogen (secondary N) is 1. The van der Waals surface area contributed by atoms with Gasteiger partial charge in [-0.05, 0) is 60.2 Å². The Morgan fingerprint density at radius 2 is 1.69 bits per heavy atom. The van der Waals surface area contributed by atoms with Gasteiger partial charge in [-0.1, -0.05) is 41.6 Å². The van der Waals surface area contributed by atoms with Gasteiger partial charge in [0.15, 0.2) is 5.17 Å². The van der Waals surface area contributed by atoms with Gasteiger partial charge in [0, 0.05) is 17.1 Å². The summed E-state index contributed by atoms with van der Waals surface area (Å²) in [4.78, 5) is 32.4. The van der Waals surface area contributed by atoms with E-state index in [2.05, 4.69) is 5.32 Å². The molecule has 1 heterocycles. The molecule has 0 aromatic heterocycles. The first-order chi connectivity index (χ1) is 16.9. The third kappa shape index (κ3) is 6.35. The molecule has 4 rings (SSSR count). The van der Waals surface area contributed by atoms with Crippen molar-refractivity contribution < 1.29 is 19.1 Å². The van der Waals surface area contributed by atoms with Gasteiger partial charge in [-0.25, -0.2) is 4.99 Å². The zero-order chi connectivity index (χ0) is 24.8. The van der Waals surface area contributed by atoms with Crippen LogP contribution >= 0.6 is 23.4 Å². The number of anilines is 1. The second kappa shape index (κ2) is 11.3. The van der Waals surface area contributed by atoms with Crippen LogP contribution in [0.1, 0.15) is 12.0 Å². The lowest BCUT2D eigenvalue weighted by atomic mass is 10.2. The van der Waals surface area contributed by atoms with Crippen LogP contribution in [0, 0.1) is 0 Å². The topological polar surface area (TPSA) is 80.2 Å². The van der Waals surface area contributed by atoms with Crippen LogP contribution in [0.15, 0.2) is 77.8 Å². The van der Waals surface area contributed by atoms with Crippen LogP contribution in [0.3, 0.4) is 0 Å². The molecular formula is C26H24ClN3O4S. The maximum absolute atomic E-state index is 13.4. The molecule has 1 saturated heterocycles. The number of benzene rings is 3. The summed E-state index contributed by atoms with van der Waals surface area (Å²) in [7, 11) is 3.20. The van der Waals surface area contributed by atoms with Crippen molar-refractivity contribution in [2.75, 3.05) is 19.5 Å². The number of halogens is 1. The number of amidine groups is 1. The Morgan fingerprint density at radius 1 is 1.03 bits per heavy atom. The normalized spacial score (nSPS) is 16.4. The first kappa shape index (κ1) is 24.6. The standard InChI is InChI=1S/C26H24ClN3O4S/c1-33-21-10-6-17(7-11-21)16-30-25(32)23(15-24(31)28-20-5-3-4-18(27)14-20)35-26(30)29-19-8-12-22(34-2)13-9-19/h3-14,23H,15-16H2,1-2H3,(H,28,31). The molecule has 0 bridgehead atoms.